The Morgan fingerprint density at radius 1 is 1.09 bits per heavy atom. The van der Waals surface area contributed by atoms with Gasteiger partial charge in [0, 0.05) is 23.6 Å². The lowest BCUT2D eigenvalue weighted by atomic mass is 9.49. The SMILES string of the molecule is CC1(O)CCC2C(CCC3C2CCC2(C)C(C(=O)Cn4cc5ccc(F)cc5n4)CCC32)C1. The van der Waals surface area contributed by atoms with Crippen molar-refractivity contribution in [2.45, 2.75) is 83.8 Å². The molecule has 4 aliphatic carbocycles. The third kappa shape index (κ3) is 3.57. The van der Waals surface area contributed by atoms with Gasteiger partial charge >= 0.3 is 0 Å². The predicted molar refractivity (Wildman–Crippen MR) is 126 cm³/mol. The average Bonchev–Trinajstić information content (AvgIpc) is 3.32. The molecule has 178 valence electrons. The van der Waals surface area contributed by atoms with Gasteiger partial charge in [-0.2, -0.15) is 5.10 Å². The summed E-state index contributed by atoms with van der Waals surface area (Å²) in [5.74, 6) is 3.78. The molecule has 8 atom stereocenters. The smallest absolute Gasteiger partial charge is 0.157 e. The molecule has 4 aliphatic rings. The molecule has 0 aliphatic heterocycles. The first-order valence-corrected chi connectivity index (χ1v) is 13.1. The maximum atomic E-state index is 13.5. The highest BCUT2D eigenvalue weighted by Crippen LogP contribution is 2.64. The molecule has 8 unspecified atom stereocenters. The summed E-state index contributed by atoms with van der Waals surface area (Å²) < 4.78 is 15.3. The van der Waals surface area contributed by atoms with Gasteiger partial charge in [0.05, 0.1) is 17.7 Å². The minimum absolute atomic E-state index is 0.101. The van der Waals surface area contributed by atoms with Crippen LogP contribution in [0.2, 0.25) is 0 Å². The first kappa shape index (κ1) is 21.8. The van der Waals surface area contributed by atoms with Crippen molar-refractivity contribution in [2.75, 3.05) is 0 Å². The fraction of sp³-hybridized carbons (Fsp3) is 0.714. The van der Waals surface area contributed by atoms with Crippen molar-refractivity contribution >= 4 is 16.7 Å². The fourth-order valence-electron chi connectivity index (χ4n) is 9.00. The Bertz CT molecular complexity index is 1080. The topological polar surface area (TPSA) is 55.1 Å². The van der Waals surface area contributed by atoms with Gasteiger partial charge in [-0.25, -0.2) is 4.39 Å². The minimum Gasteiger partial charge on any atom is -0.390 e. The second-order valence-electron chi connectivity index (χ2n) is 12.3. The van der Waals surface area contributed by atoms with E-state index >= 15 is 0 Å². The summed E-state index contributed by atoms with van der Waals surface area (Å²) in [6, 6.07) is 4.61. The van der Waals surface area contributed by atoms with Crippen LogP contribution in [0.4, 0.5) is 4.39 Å². The number of carbonyl (C=O) groups is 1. The standard InChI is InChI=1S/C28H37FN2O2/c1-27(33)11-9-20-17(14-27)4-6-22-21(20)10-12-28(2)23(22)7-8-24(28)26(32)16-31-15-18-3-5-19(29)13-25(18)30-31/h3,5,13,15,17,20-24,33H,4,6-12,14,16H2,1-2H3. The van der Waals surface area contributed by atoms with E-state index in [9.17, 15) is 14.3 Å². The van der Waals surface area contributed by atoms with Crippen LogP contribution < -0.4 is 0 Å². The van der Waals surface area contributed by atoms with Gasteiger partial charge in [0.15, 0.2) is 5.78 Å². The van der Waals surface area contributed by atoms with Gasteiger partial charge in [-0.3, -0.25) is 9.48 Å². The summed E-state index contributed by atoms with van der Waals surface area (Å²) >= 11 is 0. The van der Waals surface area contributed by atoms with E-state index in [1.807, 2.05) is 13.1 Å². The average molecular weight is 453 g/mol. The summed E-state index contributed by atoms with van der Waals surface area (Å²) in [5, 5.41) is 16.0. The van der Waals surface area contributed by atoms with E-state index in [0.717, 1.165) is 48.8 Å². The molecule has 1 N–H and O–H groups in total. The van der Waals surface area contributed by atoms with Crippen molar-refractivity contribution in [3.05, 3.63) is 30.2 Å². The minimum atomic E-state index is -0.467. The van der Waals surface area contributed by atoms with Crippen molar-refractivity contribution < 1.29 is 14.3 Å². The lowest BCUT2D eigenvalue weighted by Gasteiger charge is -2.56. The van der Waals surface area contributed by atoms with E-state index in [1.54, 1.807) is 10.7 Å². The molecule has 0 amide bonds. The number of fused-ring (bicyclic) bond motifs is 6. The van der Waals surface area contributed by atoms with E-state index < -0.39 is 5.60 Å². The maximum Gasteiger partial charge on any atom is 0.157 e. The van der Waals surface area contributed by atoms with Crippen LogP contribution in [0.1, 0.15) is 71.6 Å². The third-order valence-corrected chi connectivity index (χ3v) is 10.5. The second-order valence-corrected chi connectivity index (χ2v) is 12.3. The highest BCUT2D eigenvalue weighted by Gasteiger charge is 2.58. The van der Waals surface area contributed by atoms with Gasteiger partial charge in [0.25, 0.3) is 0 Å². The van der Waals surface area contributed by atoms with Gasteiger partial charge in [-0.05, 0) is 112 Å². The Hall–Kier alpha value is -1.75. The molecule has 5 heteroatoms. The zero-order chi connectivity index (χ0) is 23.0. The van der Waals surface area contributed by atoms with Gasteiger partial charge in [-0.1, -0.05) is 6.92 Å². The van der Waals surface area contributed by atoms with Crippen molar-refractivity contribution in [3.8, 4) is 0 Å². The van der Waals surface area contributed by atoms with Crippen molar-refractivity contribution in [3.63, 3.8) is 0 Å². The molecule has 4 saturated carbocycles. The first-order chi connectivity index (χ1) is 15.7. The van der Waals surface area contributed by atoms with Crippen LogP contribution in [0.15, 0.2) is 24.4 Å². The predicted octanol–water partition coefficient (Wildman–Crippen LogP) is 5.76. The van der Waals surface area contributed by atoms with Gasteiger partial charge in [-0.15, -0.1) is 0 Å². The molecule has 0 spiro atoms. The molecule has 4 nitrogen and oxygen atoms in total. The maximum absolute atomic E-state index is 13.5. The number of Topliss-reactive ketones (excluding diaryl/α,β-unsaturated/α-hetero) is 1. The second kappa shape index (κ2) is 7.63. The largest absolute Gasteiger partial charge is 0.390 e. The Labute approximate surface area is 195 Å². The molecule has 33 heavy (non-hydrogen) atoms. The van der Waals surface area contributed by atoms with E-state index in [0.29, 0.717) is 23.1 Å². The molecular weight excluding hydrogens is 415 g/mol. The van der Waals surface area contributed by atoms with Gasteiger partial charge in [0.1, 0.15) is 5.82 Å². The van der Waals surface area contributed by atoms with Crippen molar-refractivity contribution in [1.29, 1.82) is 0 Å². The number of rotatable bonds is 3. The normalized spacial score (nSPS) is 42.5. The third-order valence-electron chi connectivity index (χ3n) is 10.5. The Balaban J connectivity index is 1.18. The molecule has 0 saturated heterocycles. The highest BCUT2D eigenvalue weighted by molar-refractivity contribution is 5.83. The fourth-order valence-corrected chi connectivity index (χ4v) is 9.00. The summed E-state index contributed by atoms with van der Waals surface area (Å²) in [6.07, 6.45) is 12.1. The first-order valence-electron chi connectivity index (χ1n) is 13.1. The highest BCUT2D eigenvalue weighted by atomic mass is 19.1. The lowest BCUT2D eigenvalue weighted by molar-refractivity contribution is -0.133. The molecule has 1 aromatic carbocycles. The molecular formula is C28H37FN2O2. The lowest BCUT2D eigenvalue weighted by Crippen LogP contribution is -2.51. The van der Waals surface area contributed by atoms with E-state index in [-0.39, 0.29) is 23.7 Å². The number of halogens is 1. The monoisotopic (exact) mass is 452 g/mol. The van der Waals surface area contributed by atoms with E-state index in [1.165, 1.54) is 44.2 Å². The van der Waals surface area contributed by atoms with Crippen LogP contribution in [0.25, 0.3) is 10.9 Å². The number of ketones is 1. The molecule has 1 aromatic heterocycles. The number of aliphatic hydroxyl groups is 1. The van der Waals surface area contributed by atoms with Crippen LogP contribution in [-0.4, -0.2) is 26.3 Å². The molecule has 1 heterocycles. The van der Waals surface area contributed by atoms with Crippen molar-refractivity contribution in [1.82, 2.24) is 9.78 Å². The number of nitrogens with zero attached hydrogens (tertiary/aromatic N) is 2. The zero-order valence-electron chi connectivity index (χ0n) is 20.0. The van der Waals surface area contributed by atoms with Crippen LogP contribution in [0.3, 0.4) is 0 Å². The van der Waals surface area contributed by atoms with Crippen LogP contribution in [-0.2, 0) is 11.3 Å². The molecule has 0 radical (unpaired) electrons. The van der Waals surface area contributed by atoms with Crippen LogP contribution in [0.5, 0.6) is 0 Å². The number of benzene rings is 1. The Morgan fingerprint density at radius 2 is 1.91 bits per heavy atom. The zero-order valence-corrected chi connectivity index (χ0v) is 20.0. The van der Waals surface area contributed by atoms with Gasteiger partial charge in [0.2, 0.25) is 0 Å². The molecule has 6 rings (SSSR count). The van der Waals surface area contributed by atoms with Crippen LogP contribution >= 0.6 is 0 Å². The van der Waals surface area contributed by atoms with E-state index in [2.05, 4.69) is 12.0 Å². The number of hydrogen-bond acceptors (Lipinski definition) is 3. The van der Waals surface area contributed by atoms with Gasteiger partial charge < -0.3 is 5.11 Å². The quantitative estimate of drug-likeness (QED) is 0.644. The summed E-state index contributed by atoms with van der Waals surface area (Å²) in [4.78, 5) is 13.5. The van der Waals surface area contributed by atoms with Crippen LogP contribution in [0, 0.1) is 46.7 Å². The van der Waals surface area contributed by atoms with E-state index in [4.69, 9.17) is 0 Å². The summed E-state index contributed by atoms with van der Waals surface area (Å²) in [7, 11) is 0. The Kier molecular flexibility index (Phi) is 5.03. The molecule has 0 bridgehead atoms. The summed E-state index contributed by atoms with van der Waals surface area (Å²) in [6.45, 7) is 4.72. The molecule has 2 aromatic rings. The molecule has 4 fully saturated rings. The number of aromatic nitrogens is 2. The Morgan fingerprint density at radius 3 is 2.76 bits per heavy atom. The number of carbonyl (C=O) groups excluding carboxylic acids is 1. The number of hydrogen-bond donors (Lipinski definition) is 1. The summed E-state index contributed by atoms with van der Waals surface area (Å²) in [5.41, 5.74) is 0.247. The van der Waals surface area contributed by atoms with Crippen molar-refractivity contribution in [2.24, 2.45) is 40.9 Å².